The van der Waals surface area contributed by atoms with Crippen molar-refractivity contribution in [3.8, 4) is 5.69 Å². The van der Waals surface area contributed by atoms with Gasteiger partial charge in [-0.2, -0.15) is 0 Å². The maximum absolute atomic E-state index is 14.7. The minimum absolute atomic E-state index is 0.132. The molecule has 0 aliphatic carbocycles. The second-order valence-corrected chi connectivity index (χ2v) is 6.02. The number of benzene rings is 2. The molecule has 0 saturated carbocycles. The molecule has 1 aliphatic heterocycles. The van der Waals surface area contributed by atoms with Gasteiger partial charge >= 0.3 is 0 Å². The van der Waals surface area contributed by atoms with Crippen molar-refractivity contribution >= 4 is 28.9 Å². The zero-order valence-corrected chi connectivity index (χ0v) is 13.9. The summed E-state index contributed by atoms with van der Waals surface area (Å²) in [5.41, 5.74) is 2.50. The molecule has 1 aromatic heterocycles. The predicted octanol–water partition coefficient (Wildman–Crippen LogP) is 4.15. The Kier molecular flexibility index (Phi) is 3.82. The van der Waals surface area contributed by atoms with Crippen molar-refractivity contribution in [1.29, 1.82) is 0 Å². The highest BCUT2D eigenvalue weighted by molar-refractivity contribution is 6.31. The number of para-hydroxylation sites is 1. The van der Waals surface area contributed by atoms with Crippen LogP contribution in [0.3, 0.4) is 0 Å². The largest absolute Gasteiger partial charge is 0.277 e. The fourth-order valence-electron chi connectivity index (χ4n) is 2.85. The highest BCUT2D eigenvalue weighted by atomic mass is 35.5. The molecule has 1 aliphatic rings. The molecule has 2 aromatic carbocycles. The Morgan fingerprint density at radius 3 is 2.75 bits per heavy atom. The lowest BCUT2D eigenvalue weighted by Crippen LogP contribution is -2.11. The standard InChI is InChI=1S/C17H11Cl2FN4/c18-8-14-22-23-15-9-21-16(10-3-1-4-11(19)7-10)12-5-2-6-13(20)17(12)24(14)15/h1-7H,8-9H2. The van der Waals surface area contributed by atoms with Crippen molar-refractivity contribution in [2.24, 2.45) is 4.99 Å². The molecule has 4 nitrogen and oxygen atoms in total. The molecule has 0 radical (unpaired) electrons. The zero-order chi connectivity index (χ0) is 16.7. The SMILES string of the molecule is Fc1cccc2c1-n1c(CCl)nnc1CN=C2c1cccc(Cl)c1. The third-order valence-electron chi connectivity index (χ3n) is 3.86. The fourth-order valence-corrected chi connectivity index (χ4v) is 3.22. The quantitative estimate of drug-likeness (QED) is 0.644. The first-order valence-electron chi connectivity index (χ1n) is 7.28. The molecule has 4 rings (SSSR count). The third kappa shape index (κ3) is 2.41. The Labute approximate surface area is 147 Å². The minimum atomic E-state index is -0.378. The van der Waals surface area contributed by atoms with Gasteiger partial charge in [0.25, 0.3) is 0 Å². The summed E-state index contributed by atoms with van der Waals surface area (Å²) >= 11 is 12.1. The van der Waals surface area contributed by atoms with Gasteiger partial charge in [0.05, 0.1) is 17.3 Å². The first kappa shape index (κ1) is 15.3. The van der Waals surface area contributed by atoms with E-state index in [1.807, 2.05) is 24.3 Å². The molecule has 120 valence electrons. The van der Waals surface area contributed by atoms with E-state index in [-0.39, 0.29) is 18.2 Å². The van der Waals surface area contributed by atoms with E-state index in [1.54, 1.807) is 16.7 Å². The number of aromatic nitrogens is 3. The van der Waals surface area contributed by atoms with Crippen molar-refractivity contribution < 1.29 is 4.39 Å². The van der Waals surface area contributed by atoms with Crippen LogP contribution in [0.5, 0.6) is 0 Å². The van der Waals surface area contributed by atoms with Crippen LogP contribution < -0.4 is 0 Å². The number of alkyl halides is 1. The summed E-state index contributed by atoms with van der Waals surface area (Å²) in [6.07, 6.45) is 0. The van der Waals surface area contributed by atoms with E-state index in [1.165, 1.54) is 6.07 Å². The van der Waals surface area contributed by atoms with Gasteiger partial charge in [-0.25, -0.2) is 4.39 Å². The molecule has 0 unspecified atom stereocenters. The van der Waals surface area contributed by atoms with E-state index < -0.39 is 0 Å². The summed E-state index contributed by atoms with van der Waals surface area (Å²) in [7, 11) is 0. The third-order valence-corrected chi connectivity index (χ3v) is 4.33. The number of hydrogen-bond donors (Lipinski definition) is 0. The number of nitrogens with zero attached hydrogens (tertiary/aromatic N) is 4. The normalized spacial score (nSPS) is 13.0. The van der Waals surface area contributed by atoms with Gasteiger partial charge in [-0.05, 0) is 18.2 Å². The van der Waals surface area contributed by atoms with Gasteiger partial charge in [0.2, 0.25) is 0 Å². The monoisotopic (exact) mass is 360 g/mol. The predicted molar refractivity (Wildman–Crippen MR) is 91.7 cm³/mol. The van der Waals surface area contributed by atoms with Crippen LogP contribution in [0.25, 0.3) is 5.69 Å². The first-order valence-corrected chi connectivity index (χ1v) is 8.19. The van der Waals surface area contributed by atoms with Crippen LogP contribution in [0.1, 0.15) is 22.8 Å². The van der Waals surface area contributed by atoms with Crippen molar-refractivity contribution in [2.45, 2.75) is 12.4 Å². The molecular weight excluding hydrogens is 350 g/mol. The smallest absolute Gasteiger partial charge is 0.159 e. The molecule has 2 heterocycles. The van der Waals surface area contributed by atoms with Crippen LogP contribution in [0.4, 0.5) is 4.39 Å². The molecule has 0 amide bonds. The fraction of sp³-hybridized carbons (Fsp3) is 0.118. The summed E-state index contributed by atoms with van der Waals surface area (Å²) in [6, 6.07) is 12.2. The molecule has 0 spiro atoms. The van der Waals surface area contributed by atoms with Crippen LogP contribution in [0, 0.1) is 5.82 Å². The van der Waals surface area contributed by atoms with E-state index in [2.05, 4.69) is 15.2 Å². The van der Waals surface area contributed by atoms with Crippen molar-refractivity contribution in [1.82, 2.24) is 14.8 Å². The van der Waals surface area contributed by atoms with Crippen LogP contribution in [-0.4, -0.2) is 20.5 Å². The van der Waals surface area contributed by atoms with Gasteiger partial charge in [-0.1, -0.05) is 35.9 Å². The van der Waals surface area contributed by atoms with E-state index in [4.69, 9.17) is 23.2 Å². The molecular formula is C17H11Cl2FN4. The van der Waals surface area contributed by atoms with Gasteiger partial charge in [0, 0.05) is 16.1 Å². The number of hydrogen-bond acceptors (Lipinski definition) is 3. The highest BCUT2D eigenvalue weighted by Gasteiger charge is 2.25. The summed E-state index contributed by atoms with van der Waals surface area (Å²) in [6.45, 7) is 0.278. The summed E-state index contributed by atoms with van der Waals surface area (Å²) < 4.78 is 16.3. The Morgan fingerprint density at radius 2 is 1.96 bits per heavy atom. The van der Waals surface area contributed by atoms with Gasteiger partial charge in [0.15, 0.2) is 11.6 Å². The molecule has 0 bridgehead atoms. The van der Waals surface area contributed by atoms with E-state index in [0.717, 1.165) is 5.56 Å². The molecule has 0 N–H and O–H groups in total. The lowest BCUT2D eigenvalue weighted by atomic mass is 10.00. The average Bonchev–Trinajstić information content (AvgIpc) is 2.90. The molecule has 3 aromatic rings. The summed E-state index contributed by atoms with van der Waals surface area (Å²) in [5.74, 6) is 0.791. The van der Waals surface area contributed by atoms with Crippen LogP contribution >= 0.6 is 23.2 Å². The first-order chi connectivity index (χ1) is 11.7. The van der Waals surface area contributed by atoms with E-state index in [9.17, 15) is 4.39 Å². The molecule has 0 fully saturated rings. The second-order valence-electron chi connectivity index (χ2n) is 5.31. The topological polar surface area (TPSA) is 43.1 Å². The van der Waals surface area contributed by atoms with Gasteiger partial charge < -0.3 is 0 Å². The van der Waals surface area contributed by atoms with Crippen molar-refractivity contribution in [3.63, 3.8) is 0 Å². The number of rotatable bonds is 2. The second kappa shape index (κ2) is 6.00. The maximum atomic E-state index is 14.7. The van der Waals surface area contributed by atoms with Gasteiger partial charge in [-0.3, -0.25) is 9.56 Å². The lowest BCUT2D eigenvalue weighted by molar-refractivity contribution is 0.613. The van der Waals surface area contributed by atoms with Crippen molar-refractivity contribution in [3.05, 3.63) is 76.1 Å². The Hall–Kier alpha value is -2.24. The van der Waals surface area contributed by atoms with Gasteiger partial charge in [0.1, 0.15) is 12.4 Å². The van der Waals surface area contributed by atoms with E-state index >= 15 is 0 Å². The van der Waals surface area contributed by atoms with Crippen LogP contribution in [0.15, 0.2) is 47.5 Å². The van der Waals surface area contributed by atoms with Crippen LogP contribution in [-0.2, 0) is 12.4 Å². The number of aliphatic imine (C=N–C) groups is 1. The Morgan fingerprint density at radius 1 is 1.12 bits per heavy atom. The minimum Gasteiger partial charge on any atom is -0.277 e. The van der Waals surface area contributed by atoms with E-state index in [0.29, 0.717) is 33.6 Å². The van der Waals surface area contributed by atoms with Crippen LogP contribution in [0.2, 0.25) is 5.02 Å². The molecule has 24 heavy (non-hydrogen) atoms. The molecule has 7 heteroatoms. The lowest BCUT2D eigenvalue weighted by Gasteiger charge is -2.13. The number of fused-ring (bicyclic) bond motifs is 3. The summed E-state index contributed by atoms with van der Waals surface area (Å²) in [4.78, 5) is 4.63. The zero-order valence-electron chi connectivity index (χ0n) is 12.4. The Bertz CT molecular complexity index is 965. The summed E-state index contributed by atoms with van der Waals surface area (Å²) in [5, 5.41) is 8.73. The Balaban J connectivity index is 2.01. The number of halogens is 3. The highest BCUT2D eigenvalue weighted by Crippen LogP contribution is 2.29. The van der Waals surface area contributed by atoms with Crippen molar-refractivity contribution in [2.75, 3.05) is 0 Å². The molecule has 0 atom stereocenters. The average molecular weight is 361 g/mol. The molecule has 0 saturated heterocycles. The maximum Gasteiger partial charge on any atom is 0.159 e. The van der Waals surface area contributed by atoms with Gasteiger partial charge in [-0.15, -0.1) is 21.8 Å².